The van der Waals surface area contributed by atoms with E-state index in [1.165, 1.54) is 6.92 Å². The number of carboxylic acid groups (broad SMARTS) is 1. The van der Waals surface area contributed by atoms with E-state index in [2.05, 4.69) is 10.3 Å². The molecule has 0 unspecified atom stereocenters. The van der Waals surface area contributed by atoms with Crippen LogP contribution in [-0.4, -0.2) is 22.0 Å². The maximum atomic E-state index is 12.9. The van der Waals surface area contributed by atoms with Gasteiger partial charge < -0.3 is 10.4 Å². The summed E-state index contributed by atoms with van der Waals surface area (Å²) in [5, 5.41) is 11.2. The number of carbonyl (C=O) groups is 2. The highest BCUT2D eigenvalue weighted by Gasteiger charge is 2.43. The molecule has 0 spiro atoms. The molecule has 1 aromatic rings. The topological polar surface area (TPSA) is 79.3 Å². The van der Waals surface area contributed by atoms with Gasteiger partial charge in [-0.2, -0.15) is 8.78 Å². The van der Waals surface area contributed by atoms with Gasteiger partial charge in [0.1, 0.15) is 5.69 Å². The fourth-order valence-corrected chi connectivity index (χ4v) is 1.51. The highest BCUT2D eigenvalue weighted by Crippen LogP contribution is 2.30. The van der Waals surface area contributed by atoms with Crippen molar-refractivity contribution >= 4 is 28.3 Å². The number of hydrogen-bond donors (Lipinski definition) is 2. The van der Waals surface area contributed by atoms with Gasteiger partial charge in [-0.1, -0.05) is 0 Å². The molecular formula is C7H6F2N2O3S. The van der Waals surface area contributed by atoms with Crippen molar-refractivity contribution in [2.24, 2.45) is 0 Å². The van der Waals surface area contributed by atoms with E-state index in [1.807, 2.05) is 0 Å². The lowest BCUT2D eigenvalue weighted by Crippen LogP contribution is -2.25. The van der Waals surface area contributed by atoms with E-state index in [1.54, 1.807) is 0 Å². The molecule has 8 heteroatoms. The van der Waals surface area contributed by atoms with Crippen molar-refractivity contribution in [2.75, 3.05) is 5.32 Å². The first-order valence-electron chi connectivity index (χ1n) is 3.69. The number of halogens is 2. The Morgan fingerprint density at radius 1 is 1.60 bits per heavy atom. The molecule has 0 atom stereocenters. The van der Waals surface area contributed by atoms with E-state index < -0.39 is 23.5 Å². The second-order valence-corrected chi connectivity index (χ2v) is 3.46. The molecule has 0 aromatic carbocycles. The summed E-state index contributed by atoms with van der Waals surface area (Å²) >= 11 is 0.736. The Bertz CT molecular complexity index is 405. The number of nitrogens with zero attached hydrogens (tertiary/aromatic N) is 1. The van der Waals surface area contributed by atoms with E-state index in [9.17, 15) is 18.4 Å². The van der Waals surface area contributed by atoms with E-state index in [4.69, 9.17) is 5.11 Å². The van der Waals surface area contributed by atoms with Crippen LogP contribution in [0.2, 0.25) is 0 Å². The van der Waals surface area contributed by atoms with Crippen LogP contribution in [0.1, 0.15) is 12.6 Å². The SMILES string of the molecule is CC(=O)Nc1nc(C(F)(F)C(=O)O)cs1. The second-order valence-electron chi connectivity index (χ2n) is 2.60. The van der Waals surface area contributed by atoms with Crippen LogP contribution in [0.25, 0.3) is 0 Å². The zero-order valence-corrected chi connectivity index (χ0v) is 8.27. The largest absolute Gasteiger partial charge is 0.476 e. The number of aromatic nitrogens is 1. The third-order valence-corrected chi connectivity index (χ3v) is 2.14. The standard InChI is InChI=1S/C7H6F2N2O3S/c1-3(12)10-6-11-4(2-15-6)7(8,9)5(13)14/h2H,1H3,(H,13,14)(H,10,11,12). The van der Waals surface area contributed by atoms with Crippen molar-refractivity contribution < 1.29 is 23.5 Å². The summed E-state index contributed by atoms with van der Waals surface area (Å²) in [7, 11) is 0. The average molecular weight is 236 g/mol. The monoisotopic (exact) mass is 236 g/mol. The molecule has 15 heavy (non-hydrogen) atoms. The van der Waals surface area contributed by atoms with Crippen LogP contribution in [0.15, 0.2) is 5.38 Å². The number of anilines is 1. The lowest BCUT2D eigenvalue weighted by molar-refractivity contribution is -0.166. The number of aliphatic carboxylic acids is 1. The molecule has 2 N–H and O–H groups in total. The van der Waals surface area contributed by atoms with E-state index in [0.717, 1.165) is 16.7 Å². The Hall–Kier alpha value is -1.57. The van der Waals surface area contributed by atoms with Crippen LogP contribution in [0.5, 0.6) is 0 Å². The molecule has 0 saturated heterocycles. The number of rotatable bonds is 3. The molecule has 0 bridgehead atoms. The molecule has 1 heterocycles. The van der Waals surface area contributed by atoms with Gasteiger partial charge >= 0.3 is 11.9 Å². The predicted molar refractivity (Wildman–Crippen MR) is 47.9 cm³/mol. The van der Waals surface area contributed by atoms with Gasteiger partial charge in [-0.3, -0.25) is 4.79 Å². The van der Waals surface area contributed by atoms with Crippen molar-refractivity contribution in [2.45, 2.75) is 12.8 Å². The molecular weight excluding hydrogens is 230 g/mol. The maximum absolute atomic E-state index is 12.9. The van der Waals surface area contributed by atoms with Gasteiger partial charge in [-0.15, -0.1) is 11.3 Å². The maximum Gasteiger partial charge on any atom is 0.385 e. The number of thiazole rings is 1. The zero-order valence-electron chi connectivity index (χ0n) is 7.45. The lowest BCUT2D eigenvalue weighted by atomic mass is 10.3. The highest BCUT2D eigenvalue weighted by molar-refractivity contribution is 7.13. The molecule has 0 aliphatic carbocycles. The number of alkyl halides is 2. The Balaban J connectivity index is 2.93. The third kappa shape index (κ3) is 2.46. The van der Waals surface area contributed by atoms with Crippen LogP contribution in [0.3, 0.4) is 0 Å². The number of carbonyl (C=O) groups excluding carboxylic acids is 1. The number of carboxylic acids is 1. The molecule has 82 valence electrons. The fourth-order valence-electron chi connectivity index (χ4n) is 0.736. The molecule has 0 radical (unpaired) electrons. The molecule has 0 aliphatic rings. The third-order valence-electron chi connectivity index (χ3n) is 1.38. The minimum absolute atomic E-state index is 0.0570. The van der Waals surface area contributed by atoms with Crippen LogP contribution in [0.4, 0.5) is 13.9 Å². The Morgan fingerprint density at radius 3 is 2.67 bits per heavy atom. The van der Waals surface area contributed by atoms with E-state index in [-0.39, 0.29) is 5.13 Å². The number of nitrogens with one attached hydrogen (secondary N) is 1. The number of hydrogen-bond acceptors (Lipinski definition) is 4. The Labute approximate surface area is 86.7 Å². The van der Waals surface area contributed by atoms with Crippen molar-refractivity contribution in [1.29, 1.82) is 0 Å². The summed E-state index contributed by atoms with van der Waals surface area (Å²) in [5.74, 6) is -6.77. The molecule has 1 amide bonds. The molecule has 0 aliphatic heterocycles. The van der Waals surface area contributed by atoms with Gasteiger partial charge in [0.2, 0.25) is 5.91 Å². The summed E-state index contributed by atoms with van der Waals surface area (Å²) in [6, 6.07) is 0. The summed E-state index contributed by atoms with van der Waals surface area (Å²) in [4.78, 5) is 24.0. The van der Waals surface area contributed by atoms with Gasteiger partial charge in [0.15, 0.2) is 5.13 Å². The van der Waals surface area contributed by atoms with Crippen LogP contribution < -0.4 is 5.32 Å². The van der Waals surface area contributed by atoms with Gasteiger partial charge in [-0.05, 0) is 0 Å². The first-order valence-corrected chi connectivity index (χ1v) is 4.57. The minimum Gasteiger partial charge on any atom is -0.476 e. The molecule has 5 nitrogen and oxygen atoms in total. The van der Waals surface area contributed by atoms with Crippen LogP contribution in [0, 0.1) is 0 Å². The molecule has 0 saturated carbocycles. The first kappa shape index (κ1) is 11.5. The zero-order chi connectivity index (χ0) is 11.6. The average Bonchev–Trinajstić information content (AvgIpc) is 2.51. The fraction of sp³-hybridized carbons (Fsp3) is 0.286. The van der Waals surface area contributed by atoms with Crippen molar-refractivity contribution in [3.05, 3.63) is 11.1 Å². The molecule has 1 rings (SSSR count). The van der Waals surface area contributed by atoms with Gasteiger partial charge in [0, 0.05) is 12.3 Å². The first-order chi connectivity index (χ1) is 6.84. The normalized spacial score (nSPS) is 11.1. The quantitative estimate of drug-likeness (QED) is 0.828. The molecule has 0 fully saturated rings. The predicted octanol–water partition coefficient (Wildman–Crippen LogP) is 1.28. The van der Waals surface area contributed by atoms with Crippen molar-refractivity contribution in [3.8, 4) is 0 Å². The van der Waals surface area contributed by atoms with Gasteiger partial charge in [0.05, 0.1) is 0 Å². The lowest BCUT2D eigenvalue weighted by Gasteiger charge is -2.06. The second kappa shape index (κ2) is 3.89. The minimum atomic E-state index is -4.03. The highest BCUT2D eigenvalue weighted by atomic mass is 32.1. The van der Waals surface area contributed by atoms with Gasteiger partial charge in [0.25, 0.3) is 0 Å². The molecule has 1 aromatic heterocycles. The smallest absolute Gasteiger partial charge is 0.385 e. The summed E-state index contributed by atoms with van der Waals surface area (Å²) in [6.45, 7) is 1.19. The Kier molecular flexibility index (Phi) is 2.98. The Morgan fingerprint density at radius 2 is 2.20 bits per heavy atom. The number of amides is 1. The van der Waals surface area contributed by atoms with E-state index >= 15 is 0 Å². The van der Waals surface area contributed by atoms with E-state index in [0.29, 0.717) is 0 Å². The summed E-state index contributed by atoms with van der Waals surface area (Å²) in [5.41, 5.74) is -0.885. The van der Waals surface area contributed by atoms with Crippen molar-refractivity contribution in [1.82, 2.24) is 4.98 Å². The summed E-state index contributed by atoms with van der Waals surface area (Å²) < 4.78 is 25.7. The summed E-state index contributed by atoms with van der Waals surface area (Å²) in [6.07, 6.45) is 0. The van der Waals surface area contributed by atoms with Crippen molar-refractivity contribution in [3.63, 3.8) is 0 Å². The van der Waals surface area contributed by atoms with Crippen LogP contribution >= 0.6 is 11.3 Å². The van der Waals surface area contributed by atoms with Gasteiger partial charge in [-0.25, -0.2) is 9.78 Å². The van der Waals surface area contributed by atoms with Crippen LogP contribution in [-0.2, 0) is 15.5 Å².